The lowest BCUT2D eigenvalue weighted by molar-refractivity contribution is -0.128. The number of nitrogens with one attached hydrogen (secondary N) is 2. The van der Waals surface area contributed by atoms with Crippen molar-refractivity contribution in [2.75, 3.05) is 18.4 Å². The number of likely N-dealkylation sites (tertiary alicyclic amines) is 1. The molecule has 3 rings (SSSR count). The van der Waals surface area contributed by atoms with E-state index in [-0.39, 0.29) is 17.9 Å². The van der Waals surface area contributed by atoms with Crippen LogP contribution in [0.1, 0.15) is 29.8 Å². The number of thiazole rings is 1. The van der Waals surface area contributed by atoms with Crippen LogP contribution in [-0.2, 0) is 4.79 Å². The average molecular weight is 308 g/mol. The molecule has 6 nitrogen and oxygen atoms in total. The number of aryl methyl sites for hydroxylation is 2. The van der Waals surface area contributed by atoms with Crippen molar-refractivity contribution in [2.24, 2.45) is 5.92 Å². The minimum absolute atomic E-state index is 0.226. The molecule has 2 fully saturated rings. The number of carbonyl (C=O) groups is 2. The van der Waals surface area contributed by atoms with Crippen LogP contribution in [-0.4, -0.2) is 41.0 Å². The molecule has 2 aliphatic rings. The summed E-state index contributed by atoms with van der Waals surface area (Å²) in [5.41, 5.74) is 0.941. The second kappa shape index (κ2) is 5.63. The van der Waals surface area contributed by atoms with Gasteiger partial charge in [-0.25, -0.2) is 9.78 Å². The van der Waals surface area contributed by atoms with Gasteiger partial charge in [0, 0.05) is 36.3 Å². The minimum Gasteiger partial charge on any atom is -0.339 e. The molecule has 2 N–H and O–H groups in total. The first-order valence-electron chi connectivity index (χ1n) is 7.31. The Hall–Kier alpha value is -1.63. The van der Waals surface area contributed by atoms with Crippen LogP contribution in [0.15, 0.2) is 0 Å². The van der Waals surface area contributed by atoms with E-state index in [2.05, 4.69) is 15.6 Å². The number of amides is 3. The largest absolute Gasteiger partial charge is 0.339 e. The van der Waals surface area contributed by atoms with Crippen LogP contribution in [0, 0.1) is 19.8 Å². The normalized spacial score (nSPS) is 21.7. The van der Waals surface area contributed by atoms with Gasteiger partial charge in [-0.2, -0.15) is 0 Å². The number of rotatable bonds is 4. The van der Waals surface area contributed by atoms with E-state index < -0.39 is 0 Å². The van der Waals surface area contributed by atoms with Gasteiger partial charge in [-0.15, -0.1) is 11.3 Å². The molecular weight excluding hydrogens is 288 g/mol. The highest BCUT2D eigenvalue weighted by Crippen LogP contribution is 2.32. The maximum absolute atomic E-state index is 11.8. The van der Waals surface area contributed by atoms with Crippen LogP contribution in [0.4, 0.5) is 9.93 Å². The van der Waals surface area contributed by atoms with E-state index in [1.54, 1.807) is 0 Å². The summed E-state index contributed by atoms with van der Waals surface area (Å²) in [5, 5.41) is 6.20. The molecule has 114 valence electrons. The van der Waals surface area contributed by atoms with Crippen molar-refractivity contribution >= 4 is 28.4 Å². The summed E-state index contributed by atoms with van der Waals surface area (Å²) in [6.07, 6.45) is 2.82. The fraction of sp³-hybridized carbons (Fsp3) is 0.643. The molecule has 1 atom stereocenters. The Bertz CT molecular complexity index is 548. The number of hydrogen-bond donors (Lipinski definition) is 2. The first kappa shape index (κ1) is 14.3. The summed E-state index contributed by atoms with van der Waals surface area (Å²) in [7, 11) is 0. The third kappa shape index (κ3) is 3.34. The Labute approximate surface area is 127 Å². The molecule has 1 saturated heterocycles. The van der Waals surface area contributed by atoms with E-state index in [1.807, 2.05) is 18.7 Å². The third-order valence-electron chi connectivity index (χ3n) is 4.03. The SMILES string of the molecule is Cc1nc(NC(=O)NC[C@@H]2CC(=O)N(C3CC3)C2)sc1C. The standard InChI is InChI=1S/C14H20N4O2S/c1-8-9(2)21-14(16-8)17-13(20)15-6-10-5-12(19)18(7-10)11-3-4-11/h10-11H,3-7H2,1-2H3,(H2,15,16,17,20)/t10-/m0/s1. The average Bonchev–Trinajstić information content (AvgIpc) is 3.13. The van der Waals surface area contributed by atoms with Crippen LogP contribution in [0.3, 0.4) is 0 Å². The van der Waals surface area contributed by atoms with E-state index in [1.165, 1.54) is 11.3 Å². The topological polar surface area (TPSA) is 74.3 Å². The van der Waals surface area contributed by atoms with Gasteiger partial charge < -0.3 is 10.2 Å². The van der Waals surface area contributed by atoms with Crippen molar-refractivity contribution in [1.82, 2.24) is 15.2 Å². The minimum atomic E-state index is -0.249. The van der Waals surface area contributed by atoms with Crippen molar-refractivity contribution in [1.29, 1.82) is 0 Å². The number of hydrogen-bond acceptors (Lipinski definition) is 4. The maximum Gasteiger partial charge on any atom is 0.321 e. The molecule has 0 radical (unpaired) electrons. The van der Waals surface area contributed by atoms with Crippen molar-refractivity contribution in [2.45, 2.75) is 39.2 Å². The summed E-state index contributed by atoms with van der Waals surface area (Å²) >= 11 is 1.47. The second-order valence-corrected chi connectivity index (χ2v) is 7.05. The summed E-state index contributed by atoms with van der Waals surface area (Å²) in [6.45, 7) is 5.21. The van der Waals surface area contributed by atoms with Crippen LogP contribution >= 0.6 is 11.3 Å². The summed E-state index contributed by atoms with van der Waals surface area (Å²) < 4.78 is 0. The van der Waals surface area contributed by atoms with Crippen LogP contribution in [0.25, 0.3) is 0 Å². The lowest BCUT2D eigenvalue weighted by atomic mass is 10.1. The molecule has 21 heavy (non-hydrogen) atoms. The van der Waals surface area contributed by atoms with Gasteiger partial charge in [-0.1, -0.05) is 0 Å². The van der Waals surface area contributed by atoms with E-state index in [9.17, 15) is 9.59 Å². The van der Waals surface area contributed by atoms with Crippen molar-refractivity contribution < 1.29 is 9.59 Å². The Kier molecular flexibility index (Phi) is 3.84. The zero-order valence-electron chi connectivity index (χ0n) is 12.3. The smallest absolute Gasteiger partial charge is 0.321 e. The fourth-order valence-corrected chi connectivity index (χ4v) is 3.40. The van der Waals surface area contributed by atoms with Crippen molar-refractivity contribution in [3.8, 4) is 0 Å². The quantitative estimate of drug-likeness (QED) is 0.892. The molecule has 7 heteroatoms. The zero-order valence-corrected chi connectivity index (χ0v) is 13.1. The zero-order chi connectivity index (χ0) is 15.0. The summed E-state index contributed by atoms with van der Waals surface area (Å²) in [4.78, 5) is 31.0. The molecule has 0 aromatic carbocycles. The molecule has 0 spiro atoms. The molecule has 1 saturated carbocycles. The van der Waals surface area contributed by atoms with Gasteiger partial charge in [-0.3, -0.25) is 10.1 Å². The van der Waals surface area contributed by atoms with E-state index in [4.69, 9.17) is 0 Å². The molecule has 0 bridgehead atoms. The predicted molar refractivity (Wildman–Crippen MR) is 81.5 cm³/mol. The van der Waals surface area contributed by atoms with Gasteiger partial charge in [0.25, 0.3) is 0 Å². The number of carbonyl (C=O) groups excluding carboxylic acids is 2. The van der Waals surface area contributed by atoms with Crippen molar-refractivity contribution in [3.05, 3.63) is 10.6 Å². The highest BCUT2D eigenvalue weighted by atomic mass is 32.1. The fourth-order valence-electron chi connectivity index (χ4n) is 2.59. The van der Waals surface area contributed by atoms with Crippen LogP contribution < -0.4 is 10.6 Å². The number of aromatic nitrogens is 1. The summed E-state index contributed by atoms with van der Waals surface area (Å²) in [6, 6.07) is 0.221. The molecule has 2 heterocycles. The van der Waals surface area contributed by atoms with E-state index in [0.29, 0.717) is 24.1 Å². The van der Waals surface area contributed by atoms with Crippen LogP contribution in [0.5, 0.6) is 0 Å². The van der Waals surface area contributed by atoms with Gasteiger partial charge in [-0.05, 0) is 26.7 Å². The third-order valence-corrected chi connectivity index (χ3v) is 5.01. The Morgan fingerprint density at radius 3 is 2.81 bits per heavy atom. The Morgan fingerprint density at radius 1 is 1.43 bits per heavy atom. The molecule has 3 amide bonds. The van der Waals surface area contributed by atoms with Gasteiger partial charge in [0.15, 0.2) is 5.13 Å². The number of nitrogens with zero attached hydrogens (tertiary/aromatic N) is 2. The summed E-state index contributed by atoms with van der Waals surface area (Å²) in [5.74, 6) is 0.458. The number of anilines is 1. The monoisotopic (exact) mass is 308 g/mol. The van der Waals surface area contributed by atoms with Gasteiger partial charge >= 0.3 is 6.03 Å². The predicted octanol–water partition coefficient (Wildman–Crippen LogP) is 1.89. The highest BCUT2D eigenvalue weighted by molar-refractivity contribution is 7.15. The first-order chi connectivity index (χ1) is 10.0. The van der Waals surface area contributed by atoms with Crippen molar-refractivity contribution in [3.63, 3.8) is 0 Å². The van der Waals surface area contributed by atoms with Gasteiger partial charge in [0.1, 0.15) is 0 Å². The van der Waals surface area contributed by atoms with Gasteiger partial charge in [0.05, 0.1) is 5.69 Å². The van der Waals surface area contributed by atoms with E-state index in [0.717, 1.165) is 30.0 Å². The molecule has 0 unspecified atom stereocenters. The molecular formula is C14H20N4O2S. The van der Waals surface area contributed by atoms with Crippen LogP contribution in [0.2, 0.25) is 0 Å². The molecule has 1 aliphatic carbocycles. The second-order valence-electron chi connectivity index (χ2n) is 5.84. The lowest BCUT2D eigenvalue weighted by Gasteiger charge is -2.15. The Morgan fingerprint density at radius 2 is 2.19 bits per heavy atom. The molecule has 1 aliphatic heterocycles. The first-order valence-corrected chi connectivity index (χ1v) is 8.13. The number of urea groups is 1. The lowest BCUT2D eigenvalue weighted by Crippen LogP contribution is -2.34. The van der Waals surface area contributed by atoms with Gasteiger partial charge in [0.2, 0.25) is 5.91 Å². The highest BCUT2D eigenvalue weighted by Gasteiger charge is 2.39. The van der Waals surface area contributed by atoms with E-state index >= 15 is 0 Å². The molecule has 1 aromatic rings. The molecule has 1 aromatic heterocycles. The maximum atomic E-state index is 11.8. The Balaban J connectivity index is 1.44.